The molecular formula is C33H47N5O8S. The van der Waals surface area contributed by atoms with Crippen molar-refractivity contribution >= 4 is 39.4 Å². The van der Waals surface area contributed by atoms with E-state index >= 15 is 0 Å². The Morgan fingerprint density at radius 2 is 1.60 bits per heavy atom. The highest BCUT2D eigenvalue weighted by Gasteiger charge is 2.30. The first-order valence-corrected chi connectivity index (χ1v) is 17.1. The van der Waals surface area contributed by atoms with Crippen LogP contribution in [0.25, 0.3) is 0 Å². The lowest BCUT2D eigenvalue weighted by Gasteiger charge is -2.26. The van der Waals surface area contributed by atoms with Crippen molar-refractivity contribution in [2.24, 2.45) is 11.7 Å². The van der Waals surface area contributed by atoms with E-state index in [2.05, 4.69) is 15.4 Å². The molecule has 2 aromatic carbocycles. The maximum atomic E-state index is 13.7. The maximum Gasteiger partial charge on any atom is 0.303 e. The number of unbranched alkanes of at least 4 members (excludes halogenated alkanes) is 1. The summed E-state index contributed by atoms with van der Waals surface area (Å²) in [5.74, 6) is -3.59. The molecule has 13 nitrogen and oxygen atoms in total. The highest BCUT2D eigenvalue weighted by Crippen LogP contribution is 2.18. The van der Waals surface area contributed by atoms with Crippen molar-refractivity contribution in [2.45, 2.75) is 83.2 Å². The number of nitrogen functional groups attached to an aromatic ring is 1. The van der Waals surface area contributed by atoms with E-state index in [4.69, 9.17) is 21.0 Å². The predicted octanol–water partition coefficient (Wildman–Crippen LogP) is 2.62. The van der Waals surface area contributed by atoms with Gasteiger partial charge in [-0.2, -0.15) is 0 Å². The summed E-state index contributed by atoms with van der Waals surface area (Å²) in [6.45, 7) is 5.55. The minimum Gasteiger partial charge on any atom is -0.481 e. The summed E-state index contributed by atoms with van der Waals surface area (Å²) in [4.78, 5) is 49.6. The molecule has 14 heteroatoms. The van der Waals surface area contributed by atoms with Crippen LogP contribution in [-0.4, -0.2) is 67.7 Å². The van der Waals surface area contributed by atoms with Crippen molar-refractivity contribution in [3.05, 3.63) is 71.3 Å². The number of ether oxygens (including phenoxy) is 1. The quantitative estimate of drug-likeness (QED) is 0.0651. The van der Waals surface area contributed by atoms with Crippen LogP contribution in [0.5, 0.6) is 0 Å². The van der Waals surface area contributed by atoms with E-state index in [1.54, 1.807) is 75.4 Å². The Balaban J connectivity index is 2.15. The van der Waals surface area contributed by atoms with Crippen LogP contribution in [0, 0.1) is 11.3 Å². The van der Waals surface area contributed by atoms with Crippen molar-refractivity contribution in [1.82, 2.24) is 15.4 Å². The fourth-order valence-electron chi connectivity index (χ4n) is 4.48. The molecule has 0 aliphatic carbocycles. The lowest BCUT2D eigenvalue weighted by molar-refractivity contribution is -0.138. The standard InChI is InChI=1S/C33H47N5O8S/c1-33(2,3)46-21-27(38-47(44,45)22-24-9-5-4-6-10-24)28(39)19-26(11-7-8-18-36-29(40)16-17-30(41)42)32(43)37-20-23-12-14-25(15-13-23)31(34)35/h4-6,9-10,12-15,26-27,38H,7-8,11,16-22H2,1-3H3,(H3,34,35)(H,36,40)(H,37,43)(H,41,42)/t26-,27-/m1/s1. The first kappa shape index (κ1) is 39.0. The third-order valence-corrected chi connectivity index (χ3v) is 8.37. The number of carbonyl (C=O) groups excluding carboxylic acids is 3. The molecule has 0 aliphatic heterocycles. The van der Waals surface area contributed by atoms with Crippen LogP contribution in [0.15, 0.2) is 54.6 Å². The minimum absolute atomic E-state index is 0.0818. The topological polar surface area (TPSA) is 218 Å². The number of amidine groups is 1. The van der Waals surface area contributed by atoms with Crippen molar-refractivity contribution < 1.29 is 37.4 Å². The van der Waals surface area contributed by atoms with E-state index in [0.29, 0.717) is 24.0 Å². The van der Waals surface area contributed by atoms with Gasteiger partial charge in [-0.1, -0.05) is 61.0 Å². The summed E-state index contributed by atoms with van der Waals surface area (Å²) in [6, 6.07) is 14.1. The molecule has 0 saturated carbocycles. The largest absolute Gasteiger partial charge is 0.481 e. The SMILES string of the molecule is CC(C)(C)OC[C@@H](NS(=O)(=O)Cc1ccccc1)C(=O)C[C@@H](CCCCNC(=O)CCC(=O)O)C(=O)NCc1ccc(C(=N)N)cc1. The number of carboxylic acids is 1. The number of hydrogen-bond donors (Lipinski definition) is 6. The molecule has 0 aliphatic rings. The van der Waals surface area contributed by atoms with Crippen molar-refractivity contribution in [3.8, 4) is 0 Å². The summed E-state index contributed by atoms with van der Waals surface area (Å²) < 4.78 is 34.5. The van der Waals surface area contributed by atoms with Crippen LogP contribution in [0.3, 0.4) is 0 Å². The van der Waals surface area contributed by atoms with Gasteiger partial charge in [0.2, 0.25) is 21.8 Å². The smallest absolute Gasteiger partial charge is 0.303 e. The number of sulfonamides is 1. The number of carboxylic acid groups (broad SMARTS) is 1. The molecule has 0 bridgehead atoms. The zero-order chi connectivity index (χ0) is 35.0. The molecule has 2 atom stereocenters. The Kier molecular flexibility index (Phi) is 15.7. The van der Waals surface area contributed by atoms with Crippen molar-refractivity contribution in [1.29, 1.82) is 5.41 Å². The summed E-state index contributed by atoms with van der Waals surface area (Å²) in [5.41, 5.74) is 6.69. The number of nitrogens with two attached hydrogens (primary N) is 1. The summed E-state index contributed by atoms with van der Waals surface area (Å²) in [5, 5.41) is 21.8. The van der Waals surface area contributed by atoms with Gasteiger partial charge >= 0.3 is 5.97 Å². The lowest BCUT2D eigenvalue weighted by atomic mass is 9.92. The van der Waals surface area contributed by atoms with E-state index in [9.17, 15) is 27.6 Å². The van der Waals surface area contributed by atoms with Crippen LogP contribution in [0.4, 0.5) is 0 Å². The van der Waals surface area contributed by atoms with Crippen LogP contribution in [-0.2, 0) is 46.2 Å². The number of hydrogen-bond acceptors (Lipinski definition) is 8. The molecule has 2 amide bonds. The molecule has 0 unspecified atom stereocenters. The van der Waals surface area contributed by atoms with E-state index in [0.717, 1.165) is 5.56 Å². The molecular weight excluding hydrogens is 626 g/mol. The average Bonchev–Trinajstić information content (AvgIpc) is 3.00. The van der Waals surface area contributed by atoms with Crippen molar-refractivity contribution in [2.75, 3.05) is 13.2 Å². The number of aliphatic carboxylic acids is 1. The fraction of sp³-hybridized carbons (Fsp3) is 0.485. The molecule has 0 saturated heterocycles. The van der Waals surface area contributed by atoms with Gasteiger partial charge in [-0.3, -0.25) is 24.6 Å². The Bertz CT molecular complexity index is 1460. The van der Waals surface area contributed by atoms with Crippen LogP contribution < -0.4 is 21.1 Å². The number of ketones is 1. The number of amides is 2. The van der Waals surface area contributed by atoms with E-state index in [1.165, 1.54) is 0 Å². The average molecular weight is 674 g/mol. The highest BCUT2D eigenvalue weighted by molar-refractivity contribution is 7.88. The second-order valence-electron chi connectivity index (χ2n) is 12.3. The van der Waals surface area contributed by atoms with Crippen LogP contribution in [0.1, 0.15) is 76.0 Å². The first-order chi connectivity index (χ1) is 22.0. The monoisotopic (exact) mass is 673 g/mol. The fourth-order valence-corrected chi connectivity index (χ4v) is 5.82. The van der Waals surface area contributed by atoms with E-state index in [1.807, 2.05) is 0 Å². The highest BCUT2D eigenvalue weighted by atomic mass is 32.2. The van der Waals surface area contributed by atoms with Crippen LogP contribution in [0.2, 0.25) is 0 Å². The molecule has 0 fully saturated rings. The second-order valence-corrected chi connectivity index (χ2v) is 14.0. The molecule has 2 aromatic rings. The predicted molar refractivity (Wildman–Crippen MR) is 178 cm³/mol. The number of benzene rings is 2. The summed E-state index contributed by atoms with van der Waals surface area (Å²) in [6.07, 6.45) is 0.537. The molecule has 258 valence electrons. The zero-order valence-electron chi connectivity index (χ0n) is 27.2. The van der Waals surface area contributed by atoms with Gasteiger partial charge in [0, 0.05) is 37.4 Å². The zero-order valence-corrected chi connectivity index (χ0v) is 28.0. The van der Waals surface area contributed by atoms with Gasteiger partial charge in [0.1, 0.15) is 11.9 Å². The third kappa shape index (κ3) is 16.3. The Morgan fingerprint density at radius 3 is 2.19 bits per heavy atom. The van der Waals surface area contributed by atoms with Crippen LogP contribution >= 0.6 is 0 Å². The number of nitrogens with one attached hydrogen (secondary N) is 4. The van der Waals surface area contributed by atoms with Gasteiger partial charge in [-0.25, -0.2) is 13.1 Å². The number of carbonyl (C=O) groups is 4. The number of Topliss-reactive ketones (excluding diaryl/α,β-unsaturated/α-hetero) is 1. The van der Waals surface area contributed by atoms with Gasteiger partial charge in [0.25, 0.3) is 0 Å². The minimum atomic E-state index is -3.95. The Morgan fingerprint density at radius 1 is 0.936 bits per heavy atom. The number of rotatable bonds is 21. The molecule has 0 aromatic heterocycles. The lowest BCUT2D eigenvalue weighted by Crippen LogP contribution is -2.47. The van der Waals surface area contributed by atoms with Gasteiger partial charge in [0.15, 0.2) is 5.78 Å². The summed E-state index contributed by atoms with van der Waals surface area (Å²) >= 11 is 0. The molecule has 7 N–H and O–H groups in total. The van der Waals surface area contributed by atoms with E-state index < -0.39 is 51.2 Å². The molecule has 0 radical (unpaired) electrons. The molecule has 47 heavy (non-hydrogen) atoms. The van der Waals surface area contributed by atoms with Gasteiger partial charge in [0.05, 0.1) is 24.4 Å². The molecule has 0 spiro atoms. The van der Waals surface area contributed by atoms with Gasteiger partial charge in [-0.05, 0) is 44.7 Å². The molecule has 0 heterocycles. The first-order valence-electron chi connectivity index (χ1n) is 15.4. The second kappa shape index (κ2) is 18.9. The third-order valence-electron chi connectivity index (χ3n) is 7.01. The maximum absolute atomic E-state index is 13.7. The molecule has 2 rings (SSSR count). The Labute approximate surface area is 276 Å². The normalized spacial score (nSPS) is 12.9. The van der Waals surface area contributed by atoms with Gasteiger partial charge < -0.3 is 26.2 Å². The van der Waals surface area contributed by atoms with Crippen molar-refractivity contribution in [3.63, 3.8) is 0 Å². The summed E-state index contributed by atoms with van der Waals surface area (Å²) in [7, 11) is -3.95. The van der Waals surface area contributed by atoms with Gasteiger partial charge in [-0.15, -0.1) is 0 Å². The van der Waals surface area contributed by atoms with E-state index in [-0.39, 0.29) is 57.0 Å². The Hall–Kier alpha value is -4.14.